The van der Waals surface area contributed by atoms with Crippen LogP contribution in [0.25, 0.3) is 0 Å². The summed E-state index contributed by atoms with van der Waals surface area (Å²) in [5.41, 5.74) is 2.43. The van der Waals surface area contributed by atoms with Crippen molar-refractivity contribution in [2.45, 2.75) is 13.3 Å². The zero-order valence-electron chi connectivity index (χ0n) is 7.70. The number of benzene rings is 1. The standard InChI is InChI=1S/C11H7N3/c1-8-10(2-3-12)4-9(6-13)5-11(8)7-14/h4-5H,2H2,1H3. The van der Waals surface area contributed by atoms with Crippen LogP contribution >= 0.6 is 0 Å². The summed E-state index contributed by atoms with van der Waals surface area (Å²) in [5, 5.41) is 26.0. The lowest BCUT2D eigenvalue weighted by Gasteiger charge is -2.03. The Morgan fingerprint density at radius 2 is 1.86 bits per heavy atom. The summed E-state index contributed by atoms with van der Waals surface area (Å²) in [6.07, 6.45) is 0.232. The smallest absolute Gasteiger partial charge is 0.0994 e. The number of rotatable bonds is 1. The third-order valence-electron chi connectivity index (χ3n) is 2.03. The Bertz CT molecular complexity index is 481. The van der Waals surface area contributed by atoms with Crippen LogP contribution < -0.4 is 0 Å². The molecule has 0 N–H and O–H groups in total. The van der Waals surface area contributed by atoms with E-state index in [4.69, 9.17) is 15.8 Å². The quantitative estimate of drug-likeness (QED) is 0.663. The molecule has 0 saturated heterocycles. The molecular weight excluding hydrogens is 174 g/mol. The summed E-state index contributed by atoms with van der Waals surface area (Å²) in [6.45, 7) is 1.78. The van der Waals surface area contributed by atoms with Crippen molar-refractivity contribution < 1.29 is 0 Å². The van der Waals surface area contributed by atoms with Crippen molar-refractivity contribution in [3.8, 4) is 18.2 Å². The molecule has 0 aliphatic carbocycles. The molecule has 0 atom stereocenters. The number of hydrogen-bond donors (Lipinski definition) is 0. The molecule has 0 aliphatic heterocycles. The Morgan fingerprint density at radius 3 is 2.36 bits per heavy atom. The van der Waals surface area contributed by atoms with Crippen molar-refractivity contribution in [2.75, 3.05) is 0 Å². The van der Waals surface area contributed by atoms with E-state index in [-0.39, 0.29) is 6.42 Å². The van der Waals surface area contributed by atoms with Gasteiger partial charge in [0.2, 0.25) is 0 Å². The van der Waals surface area contributed by atoms with E-state index in [2.05, 4.69) is 0 Å². The van der Waals surface area contributed by atoms with Crippen LogP contribution in [-0.4, -0.2) is 0 Å². The Morgan fingerprint density at radius 1 is 1.14 bits per heavy atom. The first-order chi connectivity index (χ1) is 6.72. The SMILES string of the molecule is Cc1c(C#N)cc(C#N)cc1CC#N. The Labute approximate surface area is 82.4 Å². The van der Waals surface area contributed by atoms with Gasteiger partial charge in [0.05, 0.1) is 35.8 Å². The zero-order chi connectivity index (χ0) is 10.6. The van der Waals surface area contributed by atoms with Crippen LogP contribution in [0.4, 0.5) is 0 Å². The van der Waals surface area contributed by atoms with Gasteiger partial charge in [-0.15, -0.1) is 0 Å². The van der Waals surface area contributed by atoms with Crippen LogP contribution in [0.5, 0.6) is 0 Å². The molecule has 1 aromatic rings. The van der Waals surface area contributed by atoms with Crippen molar-refractivity contribution in [1.82, 2.24) is 0 Å². The molecule has 0 fully saturated rings. The fourth-order valence-corrected chi connectivity index (χ4v) is 1.22. The maximum absolute atomic E-state index is 8.79. The Balaban J connectivity index is 3.39. The van der Waals surface area contributed by atoms with Gasteiger partial charge in [-0.3, -0.25) is 0 Å². The minimum absolute atomic E-state index is 0.232. The first-order valence-electron chi connectivity index (χ1n) is 4.03. The minimum atomic E-state index is 0.232. The predicted molar refractivity (Wildman–Crippen MR) is 49.9 cm³/mol. The molecule has 66 valence electrons. The fraction of sp³-hybridized carbons (Fsp3) is 0.182. The molecule has 0 heterocycles. The summed E-state index contributed by atoms with van der Waals surface area (Å²) in [5.74, 6) is 0. The highest BCUT2D eigenvalue weighted by Gasteiger charge is 2.06. The summed E-state index contributed by atoms with van der Waals surface area (Å²) in [7, 11) is 0. The van der Waals surface area contributed by atoms with Gasteiger partial charge >= 0.3 is 0 Å². The molecule has 3 nitrogen and oxygen atoms in total. The monoisotopic (exact) mass is 181 g/mol. The van der Waals surface area contributed by atoms with Gasteiger partial charge < -0.3 is 0 Å². The van der Waals surface area contributed by atoms with E-state index in [1.807, 2.05) is 18.2 Å². The highest BCUT2D eigenvalue weighted by atomic mass is 14.3. The number of nitriles is 3. The van der Waals surface area contributed by atoms with Gasteiger partial charge in [0, 0.05) is 0 Å². The second-order valence-electron chi connectivity index (χ2n) is 2.87. The average Bonchev–Trinajstić information content (AvgIpc) is 2.21. The Kier molecular flexibility index (Phi) is 2.85. The summed E-state index contributed by atoms with van der Waals surface area (Å²) in [4.78, 5) is 0. The van der Waals surface area contributed by atoms with E-state index in [0.29, 0.717) is 11.1 Å². The summed E-state index contributed by atoms with van der Waals surface area (Å²) in [6, 6.07) is 9.17. The molecule has 0 bridgehead atoms. The molecule has 1 rings (SSSR count). The lowest BCUT2D eigenvalue weighted by atomic mass is 9.98. The third kappa shape index (κ3) is 1.71. The molecule has 0 saturated carbocycles. The molecule has 14 heavy (non-hydrogen) atoms. The lowest BCUT2D eigenvalue weighted by Crippen LogP contribution is -1.93. The highest BCUT2D eigenvalue weighted by molar-refractivity contribution is 5.49. The maximum Gasteiger partial charge on any atom is 0.0994 e. The van der Waals surface area contributed by atoms with E-state index in [0.717, 1.165) is 11.1 Å². The molecule has 3 heteroatoms. The molecule has 0 spiro atoms. The molecule has 0 aromatic heterocycles. The van der Waals surface area contributed by atoms with Crippen molar-refractivity contribution in [1.29, 1.82) is 15.8 Å². The normalized spacial score (nSPS) is 8.43. The van der Waals surface area contributed by atoms with Gasteiger partial charge in [-0.05, 0) is 30.2 Å². The lowest BCUT2D eigenvalue weighted by molar-refractivity contribution is 1.19. The first-order valence-corrected chi connectivity index (χ1v) is 4.03. The van der Waals surface area contributed by atoms with Crippen LogP contribution in [0.3, 0.4) is 0 Å². The van der Waals surface area contributed by atoms with E-state index in [1.165, 1.54) is 6.07 Å². The van der Waals surface area contributed by atoms with Crippen molar-refractivity contribution in [3.05, 3.63) is 34.4 Å². The second-order valence-corrected chi connectivity index (χ2v) is 2.87. The Hall–Kier alpha value is -2.31. The highest BCUT2D eigenvalue weighted by Crippen LogP contribution is 2.16. The van der Waals surface area contributed by atoms with Gasteiger partial charge in [-0.2, -0.15) is 15.8 Å². The number of hydrogen-bond acceptors (Lipinski definition) is 3. The van der Waals surface area contributed by atoms with Crippen LogP contribution in [0.1, 0.15) is 22.3 Å². The molecule has 0 amide bonds. The van der Waals surface area contributed by atoms with Crippen LogP contribution in [0.15, 0.2) is 12.1 Å². The van der Waals surface area contributed by atoms with Crippen LogP contribution in [0, 0.1) is 40.9 Å². The predicted octanol–water partition coefficient (Wildman–Crippen LogP) is 1.80. The van der Waals surface area contributed by atoms with E-state index < -0.39 is 0 Å². The second kappa shape index (κ2) is 4.08. The topological polar surface area (TPSA) is 71.4 Å². The average molecular weight is 181 g/mol. The molecule has 1 aromatic carbocycles. The molecule has 0 aliphatic rings. The van der Waals surface area contributed by atoms with Gasteiger partial charge in [-0.1, -0.05) is 0 Å². The van der Waals surface area contributed by atoms with Gasteiger partial charge in [0.25, 0.3) is 0 Å². The van der Waals surface area contributed by atoms with Gasteiger partial charge in [-0.25, -0.2) is 0 Å². The third-order valence-corrected chi connectivity index (χ3v) is 2.03. The fourth-order valence-electron chi connectivity index (χ4n) is 1.22. The zero-order valence-corrected chi connectivity index (χ0v) is 7.70. The van der Waals surface area contributed by atoms with E-state index in [1.54, 1.807) is 13.0 Å². The maximum atomic E-state index is 8.79. The number of nitrogens with zero attached hydrogens (tertiary/aromatic N) is 3. The molecular formula is C11H7N3. The molecule has 0 unspecified atom stereocenters. The van der Waals surface area contributed by atoms with E-state index in [9.17, 15) is 0 Å². The van der Waals surface area contributed by atoms with E-state index >= 15 is 0 Å². The largest absolute Gasteiger partial charge is 0.198 e. The van der Waals surface area contributed by atoms with Crippen LogP contribution in [-0.2, 0) is 6.42 Å². The molecule has 0 radical (unpaired) electrons. The van der Waals surface area contributed by atoms with Crippen molar-refractivity contribution >= 4 is 0 Å². The van der Waals surface area contributed by atoms with Gasteiger partial charge in [0.15, 0.2) is 0 Å². The minimum Gasteiger partial charge on any atom is -0.198 e. The van der Waals surface area contributed by atoms with Gasteiger partial charge in [0.1, 0.15) is 0 Å². The van der Waals surface area contributed by atoms with Crippen molar-refractivity contribution in [3.63, 3.8) is 0 Å². The summed E-state index contributed by atoms with van der Waals surface area (Å²) >= 11 is 0. The van der Waals surface area contributed by atoms with Crippen molar-refractivity contribution in [2.24, 2.45) is 0 Å². The van der Waals surface area contributed by atoms with Crippen LogP contribution in [0.2, 0.25) is 0 Å². The first kappa shape index (κ1) is 9.78. The summed E-state index contributed by atoms with van der Waals surface area (Å²) < 4.78 is 0.